The fourth-order valence-corrected chi connectivity index (χ4v) is 7.04. The Kier molecular flexibility index (Phi) is 20.8. The molecule has 0 spiro atoms. The smallest absolute Gasteiger partial charge is 0.323 e. The van der Waals surface area contributed by atoms with Gasteiger partial charge in [-0.25, -0.2) is 4.31 Å². The van der Waals surface area contributed by atoms with Gasteiger partial charge in [-0.15, -0.1) is 0 Å². The van der Waals surface area contributed by atoms with Crippen molar-refractivity contribution < 1.29 is 63.5 Å². The standard InChI is InChI=1S/C33H52O4.C6H10O4S.H4O5P2/c1-28(2,3)22-13-15-24(26(17-22)30(7,8)9)33(37,32(19-34,20-35)21-36)25-16-14-23(29(4,5)6)18-27(25)31(10,11)12;7-5(8)1-3-11-4-2-6(9)10;1-6(2)5-7(3)4/h13-18,34-37H,19-21H2,1-12H3;1-4H2,(H,7,8)(H,9,10);6-7H,(H,1,2)(H,3,4). The van der Waals surface area contributed by atoms with E-state index in [1.54, 1.807) is 0 Å². The minimum atomic E-state index is -3.20. The van der Waals surface area contributed by atoms with Crippen LogP contribution < -0.4 is 0 Å². The molecule has 2 unspecified atom stereocenters. The number of hydrogen-bond acceptors (Lipinski definition) is 10. The van der Waals surface area contributed by atoms with Gasteiger partial charge in [0, 0.05) is 11.5 Å². The molecule has 13 nitrogen and oxygen atoms in total. The molecule has 8 N–H and O–H groups in total. The van der Waals surface area contributed by atoms with Crippen molar-refractivity contribution in [3.8, 4) is 0 Å². The minimum Gasteiger partial charge on any atom is -0.481 e. The van der Waals surface area contributed by atoms with Crippen molar-refractivity contribution in [3.63, 3.8) is 0 Å². The van der Waals surface area contributed by atoms with Gasteiger partial charge in [0.25, 0.3) is 0 Å². The quantitative estimate of drug-likeness (QED) is 0.0748. The van der Waals surface area contributed by atoms with Crippen molar-refractivity contribution in [1.29, 1.82) is 0 Å². The zero-order valence-electron chi connectivity index (χ0n) is 34.4. The largest absolute Gasteiger partial charge is 0.481 e. The van der Waals surface area contributed by atoms with E-state index in [-0.39, 0.29) is 34.5 Å². The summed E-state index contributed by atoms with van der Waals surface area (Å²) in [6.07, 6.45) is 0.203. The van der Waals surface area contributed by atoms with E-state index in [0.717, 1.165) is 22.3 Å². The second-order valence-electron chi connectivity index (χ2n) is 17.5. The first-order valence-corrected chi connectivity index (χ1v) is 21.5. The summed E-state index contributed by atoms with van der Waals surface area (Å²) in [5, 5.41) is 61.6. The highest BCUT2D eigenvalue weighted by molar-refractivity contribution is 7.99. The first-order chi connectivity index (χ1) is 24.8. The Morgan fingerprint density at radius 3 is 1.09 bits per heavy atom. The highest BCUT2D eigenvalue weighted by Crippen LogP contribution is 2.51. The number of hydrogen-bond donors (Lipinski definition) is 8. The van der Waals surface area contributed by atoms with Crippen molar-refractivity contribution in [2.75, 3.05) is 31.3 Å². The number of rotatable bonds is 14. The zero-order valence-corrected chi connectivity index (χ0v) is 37.3. The van der Waals surface area contributed by atoms with Crippen LogP contribution in [-0.4, -0.2) is 83.7 Å². The van der Waals surface area contributed by atoms with Crippen LogP contribution in [0.3, 0.4) is 0 Å². The van der Waals surface area contributed by atoms with Gasteiger partial charge >= 0.3 is 28.4 Å². The molecule has 0 fully saturated rings. The maximum atomic E-state index is 13.1. The van der Waals surface area contributed by atoms with E-state index in [2.05, 4.69) is 99.5 Å². The Balaban J connectivity index is 0.00000133. The zero-order chi connectivity index (χ0) is 43.4. The van der Waals surface area contributed by atoms with Crippen LogP contribution >= 0.6 is 28.3 Å². The predicted octanol–water partition coefficient (Wildman–Crippen LogP) is 6.51. The second kappa shape index (κ2) is 21.6. The third-order valence-electron chi connectivity index (χ3n) is 8.94. The highest BCUT2D eigenvalue weighted by atomic mass is 32.2. The van der Waals surface area contributed by atoms with Crippen molar-refractivity contribution in [2.45, 2.75) is 123 Å². The van der Waals surface area contributed by atoms with Crippen LogP contribution in [0.15, 0.2) is 36.4 Å². The van der Waals surface area contributed by atoms with Gasteiger partial charge in [-0.3, -0.25) is 18.7 Å². The molecule has 0 aliphatic rings. The van der Waals surface area contributed by atoms with E-state index in [9.17, 15) is 39.1 Å². The van der Waals surface area contributed by atoms with Crippen molar-refractivity contribution in [1.82, 2.24) is 0 Å². The van der Waals surface area contributed by atoms with Gasteiger partial charge < -0.3 is 40.4 Å². The Hall–Kier alpha value is -2.09. The van der Waals surface area contributed by atoms with Crippen LogP contribution in [0.1, 0.15) is 129 Å². The Labute approximate surface area is 332 Å². The van der Waals surface area contributed by atoms with Gasteiger partial charge in [0.2, 0.25) is 0 Å². The number of carboxylic acids is 2. The van der Waals surface area contributed by atoms with E-state index in [4.69, 9.17) is 20.0 Å². The number of aliphatic hydroxyl groups excluding tert-OH is 3. The molecule has 316 valence electrons. The lowest BCUT2D eigenvalue weighted by atomic mass is 9.60. The van der Waals surface area contributed by atoms with Crippen molar-refractivity contribution in [3.05, 3.63) is 69.8 Å². The third kappa shape index (κ3) is 16.0. The summed E-state index contributed by atoms with van der Waals surface area (Å²) in [6.45, 7) is 23.8. The van der Waals surface area contributed by atoms with Crippen molar-refractivity contribution >= 4 is 40.2 Å². The number of carboxylic acid groups (broad SMARTS) is 2. The molecule has 0 bridgehead atoms. The lowest BCUT2D eigenvalue weighted by molar-refractivity contribution is -0.137. The van der Waals surface area contributed by atoms with E-state index in [1.807, 2.05) is 24.3 Å². The van der Waals surface area contributed by atoms with Gasteiger partial charge in [-0.2, -0.15) is 11.8 Å². The molecule has 0 aliphatic carbocycles. The second-order valence-corrected chi connectivity index (χ2v) is 20.6. The lowest BCUT2D eigenvalue weighted by Crippen LogP contribution is -2.55. The van der Waals surface area contributed by atoms with E-state index < -0.39 is 59.3 Å². The molecule has 0 heterocycles. The number of carbonyl (C=O) groups is 2. The van der Waals surface area contributed by atoms with Gasteiger partial charge in [0.1, 0.15) is 5.60 Å². The summed E-state index contributed by atoms with van der Waals surface area (Å²) in [5.41, 5.74) is 0.863. The van der Waals surface area contributed by atoms with Gasteiger partial charge in [0.05, 0.1) is 38.1 Å². The monoisotopic (exact) mass is 836 g/mol. The molecule has 55 heavy (non-hydrogen) atoms. The molecule has 2 aromatic carbocycles. The normalized spacial score (nSPS) is 13.9. The van der Waals surface area contributed by atoms with E-state index >= 15 is 0 Å². The lowest BCUT2D eigenvalue weighted by Gasteiger charge is -2.49. The number of aliphatic carboxylic acids is 2. The molecule has 2 atom stereocenters. The van der Waals surface area contributed by atoms with Crippen LogP contribution in [0.2, 0.25) is 0 Å². The minimum absolute atomic E-state index is 0.101. The van der Waals surface area contributed by atoms with Crippen LogP contribution in [0.4, 0.5) is 0 Å². The van der Waals surface area contributed by atoms with Crippen LogP contribution in [0, 0.1) is 5.41 Å². The molecule has 0 saturated carbocycles. The maximum absolute atomic E-state index is 13.1. The summed E-state index contributed by atoms with van der Waals surface area (Å²) < 4.78 is 22.3. The molecule has 2 rings (SSSR count). The van der Waals surface area contributed by atoms with E-state index in [0.29, 0.717) is 22.6 Å². The highest BCUT2D eigenvalue weighted by Gasteiger charge is 2.55. The van der Waals surface area contributed by atoms with Gasteiger partial charge in [0.15, 0.2) is 0 Å². The first kappa shape index (κ1) is 52.9. The SMILES string of the molecule is CC(C)(C)c1ccc(C(O)(c2ccc(C(C)(C)C)cc2C(C)(C)C)C(CO)(CO)CO)c(C(C)(C)C)c1.O=C(O)CCSCCC(=O)O.O=[PH](O)O[PH](=O)O. The first-order valence-electron chi connectivity index (χ1n) is 17.9. The molecule has 16 heteroatoms. The van der Waals surface area contributed by atoms with Crippen LogP contribution in [-0.2, 0) is 50.3 Å². The number of thioether (sulfide) groups is 1. The van der Waals surface area contributed by atoms with Crippen LogP contribution in [0.5, 0.6) is 0 Å². The molecule has 2 aromatic rings. The summed E-state index contributed by atoms with van der Waals surface area (Å²) in [5.74, 6) is -0.703. The fourth-order valence-electron chi connectivity index (χ4n) is 5.60. The van der Waals surface area contributed by atoms with Crippen molar-refractivity contribution in [2.24, 2.45) is 5.41 Å². The Morgan fingerprint density at radius 1 is 0.582 bits per heavy atom. The van der Waals surface area contributed by atoms with Gasteiger partial charge in [-0.05, 0) is 55.0 Å². The number of benzene rings is 2. The predicted molar refractivity (Wildman–Crippen MR) is 220 cm³/mol. The summed E-state index contributed by atoms with van der Waals surface area (Å²) in [7, 11) is -6.40. The van der Waals surface area contributed by atoms with Gasteiger partial charge in [-0.1, -0.05) is 119 Å². The van der Waals surface area contributed by atoms with Crippen LogP contribution in [0.25, 0.3) is 0 Å². The summed E-state index contributed by atoms with van der Waals surface area (Å²) >= 11 is 1.35. The topological polar surface area (TPSA) is 239 Å². The molecule has 0 aromatic heterocycles. The summed E-state index contributed by atoms with van der Waals surface area (Å²) in [6, 6.07) is 12.2. The molecule has 0 radical (unpaired) electrons. The molecular weight excluding hydrogens is 770 g/mol. The molecular formula is C39H66O13P2S. The average molecular weight is 837 g/mol. The number of aliphatic hydroxyl groups is 4. The molecule has 0 amide bonds. The summed E-state index contributed by atoms with van der Waals surface area (Å²) in [4.78, 5) is 35.4. The average Bonchev–Trinajstić information content (AvgIpc) is 3.03. The fraction of sp³-hybridized carbons (Fsp3) is 0.641. The molecule has 0 saturated heterocycles. The molecule has 0 aliphatic heterocycles. The maximum Gasteiger partial charge on any atom is 0.323 e. The Bertz CT molecular complexity index is 1480. The Morgan fingerprint density at radius 2 is 0.891 bits per heavy atom. The third-order valence-corrected chi connectivity index (χ3v) is 11.3. The van der Waals surface area contributed by atoms with E-state index in [1.165, 1.54) is 11.8 Å².